The number of rotatable bonds is 3. The van der Waals surface area contributed by atoms with E-state index in [1.54, 1.807) is 7.11 Å². The molecule has 1 heterocycles. The van der Waals surface area contributed by atoms with Crippen molar-refractivity contribution in [2.75, 3.05) is 7.11 Å². The minimum absolute atomic E-state index is 0.0590. The summed E-state index contributed by atoms with van der Waals surface area (Å²) >= 11 is 0. The average Bonchev–Trinajstić information content (AvgIpc) is 2.70. The molecule has 0 spiro atoms. The number of methoxy groups -OCH3 is 1. The molecule has 0 aliphatic heterocycles. The van der Waals surface area contributed by atoms with E-state index in [-0.39, 0.29) is 23.0 Å². The van der Waals surface area contributed by atoms with Gasteiger partial charge < -0.3 is 9.16 Å². The number of nitrogens with zero attached hydrogens (tertiary/aromatic N) is 1. The standard InChI is InChI=1S/C19H29NO3Si/c1-19(2,3)24(5,6)23-18-14-8-7-12(11-15(14)21)13-9-10-16(22-4)20-17(13)18/h9-10,12,14,18H,7-8,11H2,1-6H3/t12-,14+,18+/m0/s1. The van der Waals surface area contributed by atoms with Crippen LogP contribution in [0.2, 0.25) is 18.1 Å². The van der Waals surface area contributed by atoms with Gasteiger partial charge in [0.25, 0.3) is 0 Å². The Morgan fingerprint density at radius 3 is 2.50 bits per heavy atom. The fraction of sp³-hybridized carbons (Fsp3) is 0.684. The van der Waals surface area contributed by atoms with Crippen LogP contribution in [0.1, 0.15) is 63.3 Å². The highest BCUT2D eigenvalue weighted by Gasteiger charge is 2.47. The highest BCUT2D eigenvalue weighted by Crippen LogP contribution is 2.50. The number of hydrogen-bond donors (Lipinski definition) is 0. The van der Waals surface area contributed by atoms with Crippen LogP contribution >= 0.6 is 0 Å². The Bertz CT molecular complexity index is 651. The molecule has 0 saturated heterocycles. The van der Waals surface area contributed by atoms with Crippen molar-refractivity contribution >= 4 is 14.1 Å². The number of pyridine rings is 1. The van der Waals surface area contributed by atoms with Gasteiger partial charge in [-0.2, -0.15) is 0 Å². The molecule has 5 heteroatoms. The van der Waals surface area contributed by atoms with E-state index in [1.807, 2.05) is 6.07 Å². The van der Waals surface area contributed by atoms with Crippen molar-refractivity contribution in [3.63, 3.8) is 0 Å². The molecule has 1 saturated carbocycles. The molecule has 4 nitrogen and oxygen atoms in total. The minimum atomic E-state index is -2.01. The third-order valence-electron chi connectivity index (χ3n) is 6.13. The molecule has 1 aromatic rings. The van der Waals surface area contributed by atoms with E-state index >= 15 is 0 Å². The molecular weight excluding hydrogens is 318 g/mol. The van der Waals surface area contributed by atoms with Gasteiger partial charge in [-0.05, 0) is 42.5 Å². The van der Waals surface area contributed by atoms with Crippen molar-refractivity contribution in [2.45, 2.75) is 70.2 Å². The van der Waals surface area contributed by atoms with E-state index < -0.39 is 8.32 Å². The van der Waals surface area contributed by atoms with Gasteiger partial charge >= 0.3 is 0 Å². The monoisotopic (exact) mass is 347 g/mol. The van der Waals surface area contributed by atoms with Crippen LogP contribution in [0.4, 0.5) is 0 Å². The Kier molecular flexibility index (Phi) is 4.37. The number of fused-ring (bicyclic) bond motifs is 2. The highest BCUT2D eigenvalue weighted by molar-refractivity contribution is 6.74. The summed E-state index contributed by atoms with van der Waals surface area (Å²) in [5.41, 5.74) is 2.13. The lowest BCUT2D eigenvalue weighted by Crippen LogP contribution is -2.44. The van der Waals surface area contributed by atoms with Crippen LogP contribution in [0.15, 0.2) is 12.1 Å². The fourth-order valence-corrected chi connectivity index (χ4v) is 4.86. The number of hydrogen-bond acceptors (Lipinski definition) is 4. The Hall–Kier alpha value is -1.20. The smallest absolute Gasteiger partial charge is 0.213 e. The molecule has 0 N–H and O–H groups in total. The number of carbonyl (C=O) groups excluding carboxylic acids is 1. The SMILES string of the molecule is COc1ccc2c(n1)[C@H](O[Si](C)(C)C(C)(C)C)[C@@H]1CC[C@H]2CC1=O. The van der Waals surface area contributed by atoms with E-state index in [0.717, 1.165) is 18.5 Å². The molecule has 2 bridgehead atoms. The lowest BCUT2D eigenvalue weighted by Gasteiger charge is -2.40. The summed E-state index contributed by atoms with van der Waals surface area (Å²) in [4.78, 5) is 17.5. The van der Waals surface area contributed by atoms with Crippen molar-refractivity contribution in [3.8, 4) is 5.88 Å². The Balaban J connectivity index is 2.08. The molecular formula is C19H29NO3Si. The Morgan fingerprint density at radius 1 is 1.21 bits per heavy atom. The van der Waals surface area contributed by atoms with Gasteiger partial charge in [0, 0.05) is 18.4 Å². The zero-order chi connectivity index (χ0) is 17.7. The average molecular weight is 348 g/mol. The molecule has 0 unspecified atom stereocenters. The first-order valence-electron chi connectivity index (χ1n) is 8.89. The Labute approximate surface area is 146 Å². The molecule has 3 atom stereocenters. The third kappa shape index (κ3) is 2.92. The highest BCUT2D eigenvalue weighted by atomic mass is 28.4. The third-order valence-corrected chi connectivity index (χ3v) is 10.6. The van der Waals surface area contributed by atoms with Crippen molar-refractivity contribution in [2.24, 2.45) is 5.92 Å². The van der Waals surface area contributed by atoms with Gasteiger partial charge in [-0.15, -0.1) is 0 Å². The molecule has 4 rings (SSSR count). The largest absolute Gasteiger partial charge is 0.481 e. The first kappa shape index (κ1) is 17.6. The van der Waals surface area contributed by atoms with Crippen molar-refractivity contribution < 1.29 is 14.0 Å². The van der Waals surface area contributed by atoms with Gasteiger partial charge in [-0.1, -0.05) is 26.8 Å². The van der Waals surface area contributed by atoms with Crippen molar-refractivity contribution in [1.29, 1.82) is 0 Å². The molecule has 0 radical (unpaired) electrons. The minimum Gasteiger partial charge on any atom is -0.481 e. The second-order valence-electron chi connectivity index (χ2n) is 8.68. The summed E-state index contributed by atoms with van der Waals surface area (Å²) in [5, 5.41) is 0.0966. The number of aromatic nitrogens is 1. The van der Waals surface area contributed by atoms with Gasteiger partial charge in [0.15, 0.2) is 8.32 Å². The normalized spacial score (nSPS) is 26.9. The van der Waals surface area contributed by atoms with Crippen LogP contribution in [-0.2, 0) is 9.22 Å². The zero-order valence-electron chi connectivity index (χ0n) is 15.7. The quantitative estimate of drug-likeness (QED) is 0.749. The van der Waals surface area contributed by atoms with Gasteiger partial charge in [0.2, 0.25) is 5.88 Å². The summed E-state index contributed by atoms with van der Waals surface area (Å²) in [6.07, 6.45) is 2.36. The number of carbonyl (C=O) groups is 1. The van der Waals surface area contributed by atoms with E-state index in [2.05, 4.69) is 39.9 Å². The summed E-state index contributed by atoms with van der Waals surface area (Å²) in [7, 11) is -0.379. The van der Waals surface area contributed by atoms with Crippen LogP contribution in [0.3, 0.4) is 0 Å². The summed E-state index contributed by atoms with van der Waals surface area (Å²) in [6, 6.07) is 4.00. The lowest BCUT2D eigenvalue weighted by atomic mass is 9.81. The fourth-order valence-electron chi connectivity index (χ4n) is 3.60. The Morgan fingerprint density at radius 2 is 1.92 bits per heavy atom. The van der Waals surface area contributed by atoms with Crippen molar-refractivity contribution in [3.05, 3.63) is 23.4 Å². The van der Waals surface area contributed by atoms with Gasteiger partial charge in [0.1, 0.15) is 5.78 Å². The topological polar surface area (TPSA) is 48.4 Å². The van der Waals surface area contributed by atoms with Gasteiger partial charge in [0.05, 0.1) is 18.9 Å². The molecule has 0 amide bonds. The number of Topliss-reactive ketones (excluding diaryl/α,β-unsaturated/α-hetero) is 1. The molecule has 24 heavy (non-hydrogen) atoms. The van der Waals surface area contributed by atoms with E-state index in [1.165, 1.54) is 5.56 Å². The van der Waals surface area contributed by atoms with Crippen LogP contribution in [-0.4, -0.2) is 26.2 Å². The second kappa shape index (κ2) is 5.95. The first-order valence-corrected chi connectivity index (χ1v) is 11.8. The molecule has 1 fully saturated rings. The van der Waals surface area contributed by atoms with E-state index in [0.29, 0.717) is 18.1 Å². The maximum Gasteiger partial charge on any atom is 0.213 e. The first-order chi connectivity index (χ1) is 11.1. The predicted molar refractivity (Wildman–Crippen MR) is 96.9 cm³/mol. The van der Waals surface area contributed by atoms with E-state index in [4.69, 9.17) is 14.1 Å². The van der Waals surface area contributed by atoms with Crippen LogP contribution in [0.5, 0.6) is 5.88 Å². The van der Waals surface area contributed by atoms with Gasteiger partial charge in [-0.3, -0.25) is 4.79 Å². The molecule has 0 aromatic carbocycles. The number of ketones is 1. The number of ether oxygens (including phenoxy) is 1. The maximum atomic E-state index is 12.7. The maximum absolute atomic E-state index is 12.7. The summed E-state index contributed by atoms with van der Waals surface area (Å²) in [6.45, 7) is 11.2. The molecule has 1 aromatic heterocycles. The van der Waals surface area contributed by atoms with Crippen molar-refractivity contribution in [1.82, 2.24) is 4.98 Å². The zero-order valence-corrected chi connectivity index (χ0v) is 16.7. The van der Waals surface area contributed by atoms with Crippen LogP contribution in [0.25, 0.3) is 0 Å². The van der Waals surface area contributed by atoms with E-state index in [9.17, 15) is 4.79 Å². The predicted octanol–water partition coefficient (Wildman–Crippen LogP) is 4.62. The lowest BCUT2D eigenvalue weighted by molar-refractivity contribution is -0.128. The molecule has 3 aliphatic rings. The van der Waals surface area contributed by atoms with Crippen LogP contribution in [0, 0.1) is 5.92 Å². The van der Waals surface area contributed by atoms with Gasteiger partial charge in [-0.25, -0.2) is 4.98 Å². The molecule has 132 valence electrons. The summed E-state index contributed by atoms with van der Waals surface area (Å²) < 4.78 is 12.1. The summed E-state index contributed by atoms with van der Waals surface area (Å²) in [5.74, 6) is 1.17. The molecule has 3 aliphatic carbocycles. The second-order valence-corrected chi connectivity index (χ2v) is 13.4. The van der Waals surface area contributed by atoms with Crippen LogP contribution < -0.4 is 4.74 Å².